The summed E-state index contributed by atoms with van der Waals surface area (Å²) in [6, 6.07) is 0. The lowest BCUT2D eigenvalue weighted by Crippen LogP contribution is -2.06. The van der Waals surface area contributed by atoms with E-state index in [1.807, 2.05) is 0 Å². The highest BCUT2D eigenvalue weighted by Gasteiger charge is 2.27. The SMILES string of the molecule is Cn1cnc([N+](=O)[O-])c1S(C)(=O)=O. The van der Waals surface area contributed by atoms with Crippen molar-refractivity contribution in [2.45, 2.75) is 5.03 Å². The fourth-order valence-electron chi connectivity index (χ4n) is 0.959. The predicted molar refractivity (Wildman–Crippen MR) is 43.0 cm³/mol. The molecular weight excluding hydrogens is 198 g/mol. The number of aromatic nitrogens is 2. The minimum atomic E-state index is -3.61. The van der Waals surface area contributed by atoms with E-state index in [-0.39, 0.29) is 5.03 Å². The molecule has 0 amide bonds. The predicted octanol–water partition coefficient (Wildman–Crippen LogP) is -0.268. The van der Waals surface area contributed by atoms with Crippen LogP contribution in [0.4, 0.5) is 5.82 Å². The molecule has 0 aliphatic carbocycles. The van der Waals surface area contributed by atoms with Gasteiger partial charge in [-0.15, -0.1) is 0 Å². The highest BCUT2D eigenvalue weighted by molar-refractivity contribution is 7.90. The average Bonchev–Trinajstić information content (AvgIpc) is 2.28. The average molecular weight is 205 g/mol. The van der Waals surface area contributed by atoms with E-state index < -0.39 is 20.6 Å². The number of hydrogen-bond donors (Lipinski definition) is 0. The monoisotopic (exact) mass is 205 g/mol. The molecule has 0 aromatic carbocycles. The molecule has 0 bridgehead atoms. The van der Waals surface area contributed by atoms with Crippen molar-refractivity contribution in [2.24, 2.45) is 7.05 Å². The van der Waals surface area contributed by atoms with E-state index in [9.17, 15) is 18.5 Å². The van der Waals surface area contributed by atoms with Crippen LogP contribution < -0.4 is 0 Å². The first-order valence-electron chi connectivity index (χ1n) is 3.20. The molecule has 1 heterocycles. The van der Waals surface area contributed by atoms with E-state index in [0.29, 0.717) is 0 Å². The van der Waals surface area contributed by atoms with E-state index in [1.165, 1.54) is 7.05 Å². The van der Waals surface area contributed by atoms with Crippen molar-refractivity contribution in [1.82, 2.24) is 9.55 Å². The molecular formula is C5H7N3O4S. The van der Waals surface area contributed by atoms with E-state index in [2.05, 4.69) is 4.98 Å². The van der Waals surface area contributed by atoms with E-state index in [1.54, 1.807) is 0 Å². The van der Waals surface area contributed by atoms with Gasteiger partial charge in [-0.25, -0.2) is 8.42 Å². The summed E-state index contributed by atoms with van der Waals surface area (Å²) < 4.78 is 23.3. The summed E-state index contributed by atoms with van der Waals surface area (Å²) in [5.74, 6) is -0.634. The molecule has 0 atom stereocenters. The van der Waals surface area contributed by atoms with Gasteiger partial charge in [-0.05, 0) is 9.91 Å². The number of nitro groups is 1. The molecule has 0 saturated carbocycles. The molecule has 0 saturated heterocycles. The van der Waals surface area contributed by atoms with Gasteiger partial charge in [-0.3, -0.25) is 4.57 Å². The fourth-order valence-corrected chi connectivity index (χ4v) is 1.99. The number of imidazole rings is 1. The topological polar surface area (TPSA) is 95.1 Å². The largest absolute Gasteiger partial charge is 0.401 e. The Morgan fingerprint density at radius 1 is 1.62 bits per heavy atom. The Balaban J connectivity index is 3.51. The Bertz CT molecular complexity index is 446. The molecule has 0 fully saturated rings. The number of aryl methyl sites for hydroxylation is 1. The Labute approximate surface area is 74.1 Å². The van der Waals surface area contributed by atoms with Gasteiger partial charge in [-0.2, -0.15) is 0 Å². The van der Waals surface area contributed by atoms with Crippen LogP contribution in [0, 0.1) is 10.1 Å². The standard InChI is InChI=1S/C5H7N3O4S/c1-7-3-6-4(8(9)10)5(7)13(2,11)12/h3H,1-2H3. The summed E-state index contributed by atoms with van der Waals surface area (Å²) in [7, 11) is -2.22. The van der Waals surface area contributed by atoms with Gasteiger partial charge in [0.25, 0.3) is 0 Å². The number of rotatable bonds is 2. The molecule has 0 aliphatic heterocycles. The lowest BCUT2D eigenvalue weighted by atomic mass is 10.8. The van der Waals surface area contributed by atoms with Gasteiger partial charge >= 0.3 is 5.82 Å². The quantitative estimate of drug-likeness (QED) is 0.489. The van der Waals surface area contributed by atoms with Gasteiger partial charge in [0, 0.05) is 13.3 Å². The second-order valence-corrected chi connectivity index (χ2v) is 4.44. The highest BCUT2D eigenvalue weighted by atomic mass is 32.2. The Hall–Kier alpha value is -1.44. The maximum Gasteiger partial charge on any atom is 0.401 e. The summed E-state index contributed by atoms with van der Waals surface area (Å²) in [5, 5.41) is 9.97. The third-order valence-corrected chi connectivity index (χ3v) is 2.56. The lowest BCUT2D eigenvalue weighted by molar-refractivity contribution is -0.392. The van der Waals surface area contributed by atoms with Crippen LogP contribution in [0.5, 0.6) is 0 Å². The zero-order chi connectivity index (χ0) is 10.2. The fraction of sp³-hybridized carbons (Fsp3) is 0.400. The second-order valence-electron chi connectivity index (χ2n) is 2.51. The van der Waals surface area contributed by atoms with Gasteiger partial charge in [0.05, 0.1) is 0 Å². The molecule has 1 rings (SSSR count). The smallest absolute Gasteiger partial charge is 0.358 e. The van der Waals surface area contributed by atoms with Gasteiger partial charge in [0.1, 0.15) is 0 Å². The molecule has 0 unspecified atom stereocenters. The third kappa shape index (κ3) is 1.66. The van der Waals surface area contributed by atoms with Crippen LogP contribution in [-0.4, -0.2) is 29.1 Å². The zero-order valence-corrected chi connectivity index (χ0v) is 7.78. The molecule has 7 nitrogen and oxygen atoms in total. The van der Waals surface area contributed by atoms with Crippen molar-refractivity contribution >= 4 is 15.7 Å². The van der Waals surface area contributed by atoms with Crippen molar-refractivity contribution in [3.8, 4) is 0 Å². The Morgan fingerprint density at radius 3 is 2.46 bits per heavy atom. The first kappa shape index (κ1) is 9.65. The van der Waals surface area contributed by atoms with Crippen molar-refractivity contribution in [2.75, 3.05) is 6.26 Å². The summed E-state index contributed by atoms with van der Waals surface area (Å²) in [4.78, 5) is 12.9. The molecule has 8 heteroatoms. The van der Waals surface area contributed by atoms with Gasteiger partial charge in [0.2, 0.25) is 11.4 Å². The molecule has 0 aliphatic rings. The second kappa shape index (κ2) is 2.80. The van der Waals surface area contributed by atoms with Crippen molar-refractivity contribution < 1.29 is 13.3 Å². The summed E-state index contributed by atoms with van der Waals surface area (Å²) >= 11 is 0. The highest BCUT2D eigenvalue weighted by Crippen LogP contribution is 2.20. The van der Waals surface area contributed by atoms with Crippen LogP contribution in [0.15, 0.2) is 11.4 Å². The van der Waals surface area contributed by atoms with Crippen LogP contribution in [-0.2, 0) is 16.9 Å². The number of sulfone groups is 1. The first-order chi connectivity index (χ1) is 5.84. The maximum atomic E-state index is 11.1. The molecule has 1 aromatic rings. The molecule has 1 aromatic heterocycles. The van der Waals surface area contributed by atoms with E-state index in [4.69, 9.17) is 0 Å². The number of nitrogens with zero attached hydrogens (tertiary/aromatic N) is 3. The van der Waals surface area contributed by atoms with E-state index in [0.717, 1.165) is 17.2 Å². The summed E-state index contributed by atoms with van der Waals surface area (Å²) in [6.45, 7) is 0. The molecule has 0 radical (unpaired) electrons. The molecule has 0 N–H and O–H groups in total. The minimum Gasteiger partial charge on any atom is -0.358 e. The van der Waals surface area contributed by atoms with Crippen molar-refractivity contribution in [1.29, 1.82) is 0 Å². The Kier molecular flexibility index (Phi) is 2.08. The van der Waals surface area contributed by atoms with E-state index >= 15 is 0 Å². The normalized spacial score (nSPS) is 11.5. The summed E-state index contributed by atoms with van der Waals surface area (Å²) in [5.41, 5.74) is 0. The first-order valence-corrected chi connectivity index (χ1v) is 5.09. The lowest BCUT2D eigenvalue weighted by Gasteiger charge is -1.97. The maximum absolute atomic E-state index is 11.1. The van der Waals surface area contributed by atoms with Crippen LogP contribution in [0.2, 0.25) is 0 Å². The number of hydrogen-bond acceptors (Lipinski definition) is 5. The molecule has 13 heavy (non-hydrogen) atoms. The van der Waals surface area contributed by atoms with Crippen LogP contribution in [0.1, 0.15) is 0 Å². The Morgan fingerprint density at radius 2 is 2.15 bits per heavy atom. The van der Waals surface area contributed by atoms with Crippen LogP contribution in [0.25, 0.3) is 0 Å². The van der Waals surface area contributed by atoms with Gasteiger partial charge in [-0.1, -0.05) is 0 Å². The molecule has 0 spiro atoms. The zero-order valence-electron chi connectivity index (χ0n) is 6.96. The van der Waals surface area contributed by atoms with Crippen LogP contribution in [0.3, 0.4) is 0 Å². The van der Waals surface area contributed by atoms with Crippen LogP contribution >= 0.6 is 0 Å². The van der Waals surface area contributed by atoms with Gasteiger partial charge < -0.3 is 10.1 Å². The van der Waals surface area contributed by atoms with Crippen molar-refractivity contribution in [3.63, 3.8) is 0 Å². The third-order valence-electron chi connectivity index (χ3n) is 1.39. The minimum absolute atomic E-state index is 0.377. The van der Waals surface area contributed by atoms with Gasteiger partial charge in [0.15, 0.2) is 9.84 Å². The molecule has 72 valence electrons. The van der Waals surface area contributed by atoms with Crippen molar-refractivity contribution in [3.05, 3.63) is 16.4 Å². The summed E-state index contributed by atoms with van der Waals surface area (Å²) in [6.07, 6.45) is 1.99.